The largest absolute Gasteiger partial charge is 0.475 e. The molecule has 0 radical (unpaired) electrons. The second-order valence-electron chi connectivity index (χ2n) is 3.17. The molecule has 0 unspecified atom stereocenters. The monoisotopic (exact) mass is 237 g/mol. The molecule has 0 aliphatic heterocycles. The molecular formula is C10H11N3O4. The lowest BCUT2D eigenvalue weighted by Gasteiger charge is -2.17. The molecule has 0 aromatic carbocycles. The molecule has 7 heteroatoms. The van der Waals surface area contributed by atoms with Crippen LogP contribution in [-0.4, -0.2) is 40.1 Å². The summed E-state index contributed by atoms with van der Waals surface area (Å²) in [5.41, 5.74) is -0.0674. The number of nitrogens with zero attached hydrogens (tertiary/aromatic N) is 3. The molecule has 1 amide bonds. The summed E-state index contributed by atoms with van der Waals surface area (Å²) in [4.78, 5) is 23.8. The first kappa shape index (κ1) is 12.7. The quantitative estimate of drug-likeness (QED) is 0.809. The van der Waals surface area contributed by atoms with Crippen molar-refractivity contribution in [1.82, 2.24) is 10.1 Å². The van der Waals surface area contributed by atoms with E-state index in [0.717, 1.165) is 6.07 Å². The van der Waals surface area contributed by atoms with Crippen LogP contribution < -0.4 is 0 Å². The molecule has 1 aromatic heterocycles. The number of carbonyl (C=O) groups is 2. The Kier molecular flexibility index (Phi) is 4.22. The number of aromatic carboxylic acids is 1. The third-order valence-corrected chi connectivity index (χ3v) is 2.10. The second-order valence-corrected chi connectivity index (χ2v) is 3.17. The highest BCUT2D eigenvalue weighted by molar-refractivity contribution is 5.94. The van der Waals surface area contributed by atoms with Gasteiger partial charge in [-0.15, -0.1) is 0 Å². The fourth-order valence-electron chi connectivity index (χ4n) is 1.23. The Labute approximate surface area is 97.2 Å². The standard InChI is InChI=1S/C10H11N3O4/c1-2-13(5-3-4-11)9(14)7-6-8(10(15)16)17-12-7/h6H,2-3,5H2,1H3,(H,15,16). The Morgan fingerprint density at radius 2 is 2.35 bits per heavy atom. The summed E-state index contributed by atoms with van der Waals surface area (Å²) in [5, 5.41) is 20.4. The molecule has 1 heterocycles. The van der Waals surface area contributed by atoms with E-state index in [0.29, 0.717) is 6.54 Å². The zero-order valence-corrected chi connectivity index (χ0v) is 9.21. The third-order valence-electron chi connectivity index (χ3n) is 2.10. The summed E-state index contributed by atoms with van der Waals surface area (Å²) in [7, 11) is 0. The van der Waals surface area contributed by atoms with Crippen LogP contribution in [0, 0.1) is 11.3 Å². The molecule has 0 saturated carbocycles. The van der Waals surface area contributed by atoms with Gasteiger partial charge in [0, 0.05) is 19.2 Å². The van der Waals surface area contributed by atoms with Crippen molar-refractivity contribution >= 4 is 11.9 Å². The van der Waals surface area contributed by atoms with Crippen LogP contribution in [0.3, 0.4) is 0 Å². The predicted octanol–water partition coefficient (Wildman–Crippen LogP) is 0.749. The topological polar surface area (TPSA) is 107 Å². The van der Waals surface area contributed by atoms with E-state index in [1.807, 2.05) is 6.07 Å². The van der Waals surface area contributed by atoms with Crippen LogP contribution in [0.1, 0.15) is 34.4 Å². The first-order chi connectivity index (χ1) is 8.10. The maximum Gasteiger partial charge on any atom is 0.374 e. The first-order valence-corrected chi connectivity index (χ1v) is 4.96. The van der Waals surface area contributed by atoms with E-state index in [-0.39, 0.29) is 24.4 Å². The molecule has 7 nitrogen and oxygen atoms in total. The molecule has 0 spiro atoms. The Morgan fingerprint density at radius 1 is 1.65 bits per heavy atom. The highest BCUT2D eigenvalue weighted by Gasteiger charge is 2.20. The van der Waals surface area contributed by atoms with Crippen molar-refractivity contribution in [3.63, 3.8) is 0 Å². The second kappa shape index (κ2) is 5.65. The SMILES string of the molecule is CCN(CCC#N)C(=O)c1cc(C(=O)O)on1. The highest BCUT2D eigenvalue weighted by atomic mass is 16.5. The van der Waals surface area contributed by atoms with Crippen LogP contribution in [0.25, 0.3) is 0 Å². The third kappa shape index (κ3) is 3.04. The zero-order chi connectivity index (χ0) is 12.8. The van der Waals surface area contributed by atoms with Crippen molar-refractivity contribution in [2.24, 2.45) is 0 Å². The van der Waals surface area contributed by atoms with Gasteiger partial charge in [-0.3, -0.25) is 4.79 Å². The van der Waals surface area contributed by atoms with Gasteiger partial charge in [-0.05, 0) is 6.92 Å². The van der Waals surface area contributed by atoms with E-state index >= 15 is 0 Å². The maximum atomic E-state index is 11.8. The molecule has 1 N–H and O–H groups in total. The molecule has 17 heavy (non-hydrogen) atoms. The minimum atomic E-state index is -1.28. The van der Waals surface area contributed by atoms with Gasteiger partial charge in [-0.1, -0.05) is 5.16 Å². The van der Waals surface area contributed by atoms with Gasteiger partial charge in [0.2, 0.25) is 5.76 Å². The van der Waals surface area contributed by atoms with Crippen LogP contribution in [-0.2, 0) is 0 Å². The lowest BCUT2D eigenvalue weighted by atomic mass is 10.3. The molecule has 0 aliphatic rings. The number of hydrogen-bond donors (Lipinski definition) is 1. The highest BCUT2D eigenvalue weighted by Crippen LogP contribution is 2.07. The summed E-state index contributed by atoms with van der Waals surface area (Å²) in [6.07, 6.45) is 0.212. The van der Waals surface area contributed by atoms with Gasteiger partial charge in [0.25, 0.3) is 5.91 Å². The van der Waals surface area contributed by atoms with Gasteiger partial charge in [0.15, 0.2) is 5.69 Å². The Hall–Kier alpha value is -2.36. The fourth-order valence-corrected chi connectivity index (χ4v) is 1.23. The molecule has 1 rings (SSSR count). The normalized spacial score (nSPS) is 9.65. The van der Waals surface area contributed by atoms with Gasteiger partial charge >= 0.3 is 5.97 Å². The Bertz CT molecular complexity index is 460. The number of amides is 1. The van der Waals surface area contributed by atoms with Crippen molar-refractivity contribution in [1.29, 1.82) is 5.26 Å². The molecular weight excluding hydrogens is 226 g/mol. The summed E-state index contributed by atoms with van der Waals surface area (Å²) < 4.78 is 4.48. The number of nitriles is 1. The smallest absolute Gasteiger partial charge is 0.374 e. The molecule has 1 aromatic rings. The van der Waals surface area contributed by atoms with Crippen LogP contribution >= 0.6 is 0 Å². The van der Waals surface area contributed by atoms with Crippen LogP contribution in [0.2, 0.25) is 0 Å². The average Bonchev–Trinajstić information content (AvgIpc) is 2.79. The van der Waals surface area contributed by atoms with Crippen molar-refractivity contribution in [2.75, 3.05) is 13.1 Å². The van der Waals surface area contributed by atoms with Gasteiger partial charge in [-0.2, -0.15) is 5.26 Å². The average molecular weight is 237 g/mol. The summed E-state index contributed by atoms with van der Waals surface area (Å²) in [6.45, 7) is 2.45. The van der Waals surface area contributed by atoms with E-state index < -0.39 is 11.9 Å². The minimum Gasteiger partial charge on any atom is -0.475 e. The Balaban J connectivity index is 2.79. The molecule has 90 valence electrons. The van der Waals surface area contributed by atoms with Gasteiger partial charge in [-0.25, -0.2) is 4.79 Å². The van der Waals surface area contributed by atoms with Crippen molar-refractivity contribution < 1.29 is 19.2 Å². The number of aromatic nitrogens is 1. The number of hydrogen-bond acceptors (Lipinski definition) is 5. The Morgan fingerprint density at radius 3 is 2.82 bits per heavy atom. The lowest BCUT2D eigenvalue weighted by molar-refractivity contribution is 0.0649. The molecule has 0 fully saturated rings. The van der Waals surface area contributed by atoms with Crippen LogP contribution in [0.15, 0.2) is 10.6 Å². The van der Waals surface area contributed by atoms with E-state index in [4.69, 9.17) is 10.4 Å². The maximum absolute atomic E-state index is 11.8. The summed E-state index contributed by atoms with van der Waals surface area (Å²) >= 11 is 0. The molecule has 0 bridgehead atoms. The number of carbonyl (C=O) groups excluding carboxylic acids is 1. The predicted molar refractivity (Wildman–Crippen MR) is 55.3 cm³/mol. The summed E-state index contributed by atoms with van der Waals surface area (Å²) in [6, 6.07) is 3.00. The summed E-state index contributed by atoms with van der Waals surface area (Å²) in [5.74, 6) is -2.11. The van der Waals surface area contributed by atoms with Crippen molar-refractivity contribution in [3.8, 4) is 6.07 Å². The van der Waals surface area contributed by atoms with Crippen molar-refractivity contribution in [2.45, 2.75) is 13.3 Å². The van der Waals surface area contributed by atoms with E-state index in [2.05, 4.69) is 9.68 Å². The number of carboxylic acids is 1. The fraction of sp³-hybridized carbons (Fsp3) is 0.400. The molecule has 0 aliphatic carbocycles. The molecule has 0 saturated heterocycles. The van der Waals surface area contributed by atoms with Crippen LogP contribution in [0.5, 0.6) is 0 Å². The molecule has 0 atom stereocenters. The van der Waals surface area contributed by atoms with Gasteiger partial charge in [0.05, 0.1) is 12.5 Å². The lowest BCUT2D eigenvalue weighted by Crippen LogP contribution is -2.31. The van der Waals surface area contributed by atoms with E-state index in [1.54, 1.807) is 6.92 Å². The van der Waals surface area contributed by atoms with Crippen molar-refractivity contribution in [3.05, 3.63) is 17.5 Å². The number of carboxylic acid groups (broad SMARTS) is 1. The minimum absolute atomic E-state index is 0.0674. The zero-order valence-electron chi connectivity index (χ0n) is 9.21. The number of rotatable bonds is 5. The van der Waals surface area contributed by atoms with E-state index in [9.17, 15) is 9.59 Å². The van der Waals surface area contributed by atoms with Gasteiger partial charge in [0.1, 0.15) is 0 Å². The van der Waals surface area contributed by atoms with Crippen LogP contribution in [0.4, 0.5) is 0 Å². The van der Waals surface area contributed by atoms with Gasteiger partial charge < -0.3 is 14.5 Å². The first-order valence-electron chi connectivity index (χ1n) is 4.96. The van der Waals surface area contributed by atoms with E-state index in [1.165, 1.54) is 4.90 Å².